The van der Waals surface area contributed by atoms with Crippen LogP contribution in [0.25, 0.3) is 0 Å². The van der Waals surface area contributed by atoms with Gasteiger partial charge in [-0.15, -0.1) is 0 Å². The smallest absolute Gasteiger partial charge is 0.416 e. The van der Waals surface area contributed by atoms with Gasteiger partial charge in [-0.1, -0.05) is 11.6 Å². The molecule has 122 valence electrons. The molecular weight excluding hydrogens is 408 g/mol. The fraction of sp³-hybridized carbons (Fsp3) is 0.0714. The lowest BCUT2D eigenvalue weighted by molar-refractivity contribution is -0.137. The summed E-state index contributed by atoms with van der Waals surface area (Å²) in [5.41, 5.74) is -1.42. The van der Waals surface area contributed by atoms with Gasteiger partial charge in [-0.25, -0.2) is 9.18 Å². The van der Waals surface area contributed by atoms with Gasteiger partial charge in [-0.2, -0.15) is 13.2 Å². The second kappa shape index (κ2) is 6.37. The maximum Gasteiger partial charge on any atom is 0.416 e. The molecule has 2 rings (SSSR count). The van der Waals surface area contributed by atoms with E-state index in [1.54, 1.807) is 0 Å². The summed E-state index contributed by atoms with van der Waals surface area (Å²) in [7, 11) is 0. The molecule has 0 aliphatic rings. The van der Waals surface area contributed by atoms with Crippen molar-refractivity contribution in [1.82, 2.24) is 0 Å². The molecule has 2 aromatic carbocycles. The Morgan fingerprint density at radius 3 is 2.39 bits per heavy atom. The van der Waals surface area contributed by atoms with Crippen LogP contribution in [0.4, 0.5) is 17.6 Å². The van der Waals surface area contributed by atoms with Crippen LogP contribution in [0.15, 0.2) is 34.8 Å². The normalized spacial score (nSPS) is 11.4. The third kappa shape index (κ3) is 3.94. The highest BCUT2D eigenvalue weighted by Gasteiger charge is 2.32. The van der Waals surface area contributed by atoms with E-state index in [9.17, 15) is 22.4 Å². The first-order chi connectivity index (χ1) is 10.6. The summed E-state index contributed by atoms with van der Waals surface area (Å²) >= 11 is 8.65. The van der Waals surface area contributed by atoms with Crippen molar-refractivity contribution in [3.8, 4) is 11.5 Å². The molecule has 0 fully saturated rings. The van der Waals surface area contributed by atoms with Crippen LogP contribution in [0.3, 0.4) is 0 Å². The largest absolute Gasteiger partial charge is 0.478 e. The molecule has 0 bridgehead atoms. The van der Waals surface area contributed by atoms with Gasteiger partial charge in [0.05, 0.1) is 16.1 Å². The summed E-state index contributed by atoms with van der Waals surface area (Å²) in [4.78, 5) is 11.0. The minimum Gasteiger partial charge on any atom is -0.478 e. The Morgan fingerprint density at radius 2 is 1.87 bits per heavy atom. The van der Waals surface area contributed by atoms with Crippen molar-refractivity contribution in [2.75, 3.05) is 0 Å². The van der Waals surface area contributed by atoms with Crippen molar-refractivity contribution in [2.24, 2.45) is 0 Å². The van der Waals surface area contributed by atoms with Gasteiger partial charge < -0.3 is 9.84 Å². The summed E-state index contributed by atoms with van der Waals surface area (Å²) in [5, 5.41) is 8.39. The highest BCUT2D eigenvalue weighted by atomic mass is 79.9. The molecule has 0 aromatic heterocycles. The summed E-state index contributed by atoms with van der Waals surface area (Å²) in [6.07, 6.45) is -4.75. The van der Waals surface area contributed by atoms with Crippen LogP contribution in [0.2, 0.25) is 5.02 Å². The molecule has 0 aliphatic carbocycles. The highest BCUT2D eigenvalue weighted by Crippen LogP contribution is 2.39. The quantitative estimate of drug-likeness (QED) is 0.652. The topological polar surface area (TPSA) is 46.5 Å². The second-order valence-electron chi connectivity index (χ2n) is 4.32. The van der Waals surface area contributed by atoms with E-state index in [0.717, 1.165) is 6.07 Å². The first kappa shape index (κ1) is 17.6. The van der Waals surface area contributed by atoms with E-state index in [0.29, 0.717) is 6.07 Å². The molecule has 0 amide bonds. The van der Waals surface area contributed by atoms with E-state index in [1.165, 1.54) is 12.1 Å². The van der Waals surface area contributed by atoms with E-state index >= 15 is 0 Å². The van der Waals surface area contributed by atoms with Crippen LogP contribution in [0, 0.1) is 5.82 Å². The minimum absolute atomic E-state index is 0.0915. The third-order valence-corrected chi connectivity index (χ3v) is 3.69. The molecule has 2 aromatic rings. The Labute approximate surface area is 140 Å². The predicted octanol–water partition coefficient (Wildman–Crippen LogP) is 5.75. The number of aromatic carboxylic acids is 1. The number of benzene rings is 2. The molecule has 0 heterocycles. The van der Waals surface area contributed by atoms with Crippen LogP contribution in [-0.4, -0.2) is 11.1 Å². The molecule has 23 heavy (non-hydrogen) atoms. The third-order valence-electron chi connectivity index (χ3n) is 2.71. The van der Waals surface area contributed by atoms with Gasteiger partial charge in [0.15, 0.2) is 11.6 Å². The zero-order valence-corrected chi connectivity index (χ0v) is 13.3. The molecule has 0 atom stereocenters. The Bertz CT molecular complexity index is 754. The molecule has 9 heteroatoms. The molecule has 0 aliphatic heterocycles. The van der Waals surface area contributed by atoms with E-state index in [1.807, 2.05) is 0 Å². The molecule has 1 N–H and O–H groups in total. The van der Waals surface area contributed by atoms with E-state index < -0.39 is 34.3 Å². The number of halogens is 6. The Kier molecular flexibility index (Phi) is 4.86. The predicted molar refractivity (Wildman–Crippen MR) is 77.6 cm³/mol. The monoisotopic (exact) mass is 412 g/mol. The zero-order valence-electron chi connectivity index (χ0n) is 10.9. The lowest BCUT2D eigenvalue weighted by atomic mass is 10.2. The molecule has 0 spiro atoms. The Balaban J connectivity index is 2.42. The SMILES string of the molecule is O=C(O)c1cc(Oc2c(F)cc(C(F)(F)F)cc2Cl)ccc1Br. The molecule has 0 saturated carbocycles. The first-order valence-corrected chi connectivity index (χ1v) is 7.03. The summed E-state index contributed by atoms with van der Waals surface area (Å²) in [6, 6.07) is 4.51. The van der Waals surface area contributed by atoms with Crippen molar-refractivity contribution < 1.29 is 32.2 Å². The fourth-order valence-electron chi connectivity index (χ4n) is 1.67. The number of ether oxygens (including phenoxy) is 1. The number of carboxylic acid groups (broad SMARTS) is 1. The number of rotatable bonds is 3. The molecular formula is C14H6BrClF4O3. The Hall–Kier alpha value is -1.80. The lowest BCUT2D eigenvalue weighted by Gasteiger charge is -2.13. The summed E-state index contributed by atoms with van der Waals surface area (Å²) < 4.78 is 56.9. The van der Waals surface area contributed by atoms with Gasteiger partial charge in [0.25, 0.3) is 0 Å². The molecule has 0 saturated heterocycles. The number of hydrogen-bond acceptors (Lipinski definition) is 2. The van der Waals surface area contributed by atoms with Crippen molar-refractivity contribution >= 4 is 33.5 Å². The number of hydrogen-bond donors (Lipinski definition) is 1. The van der Waals surface area contributed by atoms with Gasteiger partial charge in [-0.3, -0.25) is 0 Å². The maximum atomic E-state index is 13.8. The lowest BCUT2D eigenvalue weighted by Crippen LogP contribution is -2.06. The second-order valence-corrected chi connectivity index (χ2v) is 5.58. The average molecular weight is 414 g/mol. The van der Waals surface area contributed by atoms with Gasteiger partial charge >= 0.3 is 12.1 Å². The standard InChI is InChI=1S/C14H6BrClF4O3/c15-9-2-1-7(5-8(9)13(21)22)23-12-10(16)3-6(4-11(12)17)14(18,19)20/h1-5H,(H,21,22). The first-order valence-electron chi connectivity index (χ1n) is 5.86. The van der Waals surface area contributed by atoms with Crippen LogP contribution < -0.4 is 4.74 Å². The van der Waals surface area contributed by atoms with Crippen LogP contribution >= 0.6 is 27.5 Å². The molecule has 0 unspecified atom stereocenters. The highest BCUT2D eigenvalue weighted by molar-refractivity contribution is 9.10. The number of carboxylic acids is 1. The molecule has 3 nitrogen and oxygen atoms in total. The number of alkyl halides is 3. The van der Waals surface area contributed by atoms with E-state index in [-0.39, 0.29) is 21.9 Å². The van der Waals surface area contributed by atoms with E-state index in [4.69, 9.17) is 21.4 Å². The van der Waals surface area contributed by atoms with E-state index in [2.05, 4.69) is 15.9 Å². The summed E-state index contributed by atoms with van der Waals surface area (Å²) in [6.45, 7) is 0. The molecule has 0 radical (unpaired) electrons. The maximum absolute atomic E-state index is 13.8. The van der Waals surface area contributed by atoms with Crippen LogP contribution in [0.1, 0.15) is 15.9 Å². The minimum atomic E-state index is -4.75. The Morgan fingerprint density at radius 1 is 1.22 bits per heavy atom. The van der Waals surface area contributed by atoms with Crippen molar-refractivity contribution in [3.05, 3.63) is 56.8 Å². The average Bonchev–Trinajstić information content (AvgIpc) is 2.43. The zero-order chi connectivity index (χ0) is 17.4. The van der Waals surface area contributed by atoms with Crippen LogP contribution in [0.5, 0.6) is 11.5 Å². The fourth-order valence-corrected chi connectivity index (χ4v) is 2.33. The van der Waals surface area contributed by atoms with Gasteiger partial charge in [-0.05, 0) is 46.3 Å². The van der Waals surface area contributed by atoms with Crippen molar-refractivity contribution in [2.45, 2.75) is 6.18 Å². The van der Waals surface area contributed by atoms with Crippen molar-refractivity contribution in [1.29, 1.82) is 0 Å². The van der Waals surface area contributed by atoms with Gasteiger partial charge in [0, 0.05) is 4.47 Å². The van der Waals surface area contributed by atoms with Gasteiger partial charge in [0.2, 0.25) is 0 Å². The van der Waals surface area contributed by atoms with Gasteiger partial charge in [0.1, 0.15) is 5.75 Å². The summed E-state index contributed by atoms with van der Waals surface area (Å²) in [5.74, 6) is -3.30. The number of carbonyl (C=O) groups is 1. The van der Waals surface area contributed by atoms with Crippen LogP contribution in [-0.2, 0) is 6.18 Å². The van der Waals surface area contributed by atoms with Crippen molar-refractivity contribution in [3.63, 3.8) is 0 Å².